The third kappa shape index (κ3) is 1.89. The molecule has 17 heavy (non-hydrogen) atoms. The number of primary amides is 1. The summed E-state index contributed by atoms with van der Waals surface area (Å²) in [7, 11) is 0. The van der Waals surface area contributed by atoms with Gasteiger partial charge in [0, 0.05) is 6.07 Å². The molecule has 0 radical (unpaired) electrons. The number of nitrogens with two attached hydrogens (primary N) is 1. The Morgan fingerprint density at radius 2 is 2.18 bits per heavy atom. The van der Waals surface area contributed by atoms with Gasteiger partial charge in [0.15, 0.2) is 5.76 Å². The molecule has 1 fully saturated rings. The summed E-state index contributed by atoms with van der Waals surface area (Å²) in [6.07, 6.45) is -4.05. The third-order valence-electron chi connectivity index (χ3n) is 3.14. The number of aromatic nitrogens is 1. The van der Waals surface area contributed by atoms with E-state index in [9.17, 15) is 18.0 Å². The lowest BCUT2D eigenvalue weighted by Crippen LogP contribution is -2.47. The van der Waals surface area contributed by atoms with Crippen molar-refractivity contribution < 1.29 is 22.5 Å². The van der Waals surface area contributed by atoms with Gasteiger partial charge in [0.05, 0.1) is 12.1 Å². The van der Waals surface area contributed by atoms with Crippen LogP contribution in [0.3, 0.4) is 0 Å². The number of carbonyl (C=O) groups is 1. The minimum absolute atomic E-state index is 0.00169. The molecule has 1 aromatic rings. The van der Waals surface area contributed by atoms with Gasteiger partial charge in [-0.05, 0) is 12.8 Å². The minimum Gasteiger partial charge on any atom is -0.369 e. The maximum absolute atomic E-state index is 12.9. The van der Waals surface area contributed by atoms with Crippen molar-refractivity contribution in [1.29, 1.82) is 0 Å². The second-order valence-electron chi connectivity index (χ2n) is 4.26. The van der Waals surface area contributed by atoms with Gasteiger partial charge >= 0.3 is 6.18 Å². The molecule has 0 aromatic carbocycles. The molecule has 1 saturated carbocycles. The van der Waals surface area contributed by atoms with Crippen molar-refractivity contribution in [3.63, 3.8) is 0 Å². The molecule has 2 rings (SSSR count). The number of hydrogen-bond donors (Lipinski definition) is 1. The molecule has 0 spiro atoms. The van der Waals surface area contributed by atoms with E-state index in [1.165, 1.54) is 6.07 Å². The molecule has 94 valence electrons. The Hall–Kier alpha value is -1.53. The van der Waals surface area contributed by atoms with Gasteiger partial charge in [-0.1, -0.05) is 11.6 Å². The standard InChI is InChI=1S/C10H11F3N2O2/c11-10(12,13)9(2-1-3-9)7-4-6(15-17-7)5-8(14)16/h4H,1-3,5H2,(H2,14,16). The van der Waals surface area contributed by atoms with E-state index in [0.29, 0.717) is 6.42 Å². The molecule has 0 aliphatic heterocycles. The lowest BCUT2D eigenvalue weighted by molar-refractivity contribution is -0.218. The van der Waals surface area contributed by atoms with Gasteiger partial charge in [0.25, 0.3) is 0 Å². The molecular formula is C10H11F3N2O2. The second kappa shape index (κ2) is 3.75. The van der Waals surface area contributed by atoms with Crippen molar-refractivity contribution in [2.75, 3.05) is 0 Å². The van der Waals surface area contributed by atoms with Gasteiger partial charge < -0.3 is 10.3 Å². The number of rotatable bonds is 3. The van der Waals surface area contributed by atoms with Crippen LogP contribution in [0.25, 0.3) is 0 Å². The second-order valence-corrected chi connectivity index (χ2v) is 4.26. The van der Waals surface area contributed by atoms with E-state index < -0.39 is 17.5 Å². The van der Waals surface area contributed by atoms with Gasteiger partial charge in [-0.2, -0.15) is 13.2 Å². The Labute approximate surface area is 94.9 Å². The number of hydrogen-bond acceptors (Lipinski definition) is 3. The van der Waals surface area contributed by atoms with Crippen LogP contribution in [0.15, 0.2) is 10.6 Å². The van der Waals surface area contributed by atoms with E-state index in [1.54, 1.807) is 0 Å². The van der Waals surface area contributed by atoms with Crippen LogP contribution in [-0.2, 0) is 16.6 Å². The maximum atomic E-state index is 12.9. The average molecular weight is 248 g/mol. The molecule has 1 aromatic heterocycles. The summed E-state index contributed by atoms with van der Waals surface area (Å²) in [5, 5.41) is 3.44. The third-order valence-corrected chi connectivity index (χ3v) is 3.14. The molecule has 0 unspecified atom stereocenters. The Morgan fingerprint density at radius 3 is 2.59 bits per heavy atom. The van der Waals surface area contributed by atoms with Crippen molar-refractivity contribution in [1.82, 2.24) is 5.16 Å². The van der Waals surface area contributed by atoms with Crippen LogP contribution in [0.4, 0.5) is 13.2 Å². The Bertz CT molecular complexity index is 435. The summed E-state index contributed by atoms with van der Waals surface area (Å²) in [5.74, 6) is -0.869. The van der Waals surface area contributed by atoms with Crippen LogP contribution < -0.4 is 5.73 Å². The van der Waals surface area contributed by atoms with Crippen LogP contribution in [0, 0.1) is 0 Å². The number of nitrogens with zero attached hydrogens (tertiary/aromatic N) is 1. The summed E-state index contributed by atoms with van der Waals surface area (Å²) in [5.41, 5.74) is 3.15. The fourth-order valence-electron chi connectivity index (χ4n) is 2.00. The molecule has 1 aliphatic rings. The van der Waals surface area contributed by atoms with Crippen molar-refractivity contribution in [2.24, 2.45) is 5.73 Å². The average Bonchev–Trinajstić information content (AvgIpc) is 2.46. The maximum Gasteiger partial charge on any atom is 0.401 e. The first kappa shape index (κ1) is 11.9. The highest BCUT2D eigenvalue weighted by Gasteiger charge is 2.61. The minimum atomic E-state index is -4.35. The van der Waals surface area contributed by atoms with E-state index in [0.717, 1.165) is 0 Å². The van der Waals surface area contributed by atoms with E-state index in [-0.39, 0.29) is 30.7 Å². The first-order valence-electron chi connectivity index (χ1n) is 5.16. The number of halogens is 3. The van der Waals surface area contributed by atoms with Gasteiger partial charge in [-0.15, -0.1) is 0 Å². The summed E-state index contributed by atoms with van der Waals surface area (Å²) in [4.78, 5) is 10.6. The molecular weight excluding hydrogens is 237 g/mol. The first-order valence-corrected chi connectivity index (χ1v) is 5.16. The van der Waals surface area contributed by atoms with Crippen LogP contribution in [0.5, 0.6) is 0 Å². The highest BCUT2D eigenvalue weighted by molar-refractivity contribution is 5.76. The smallest absolute Gasteiger partial charge is 0.369 e. The lowest BCUT2D eigenvalue weighted by Gasteiger charge is -2.40. The Morgan fingerprint density at radius 1 is 1.53 bits per heavy atom. The fraction of sp³-hybridized carbons (Fsp3) is 0.600. The summed E-state index contributed by atoms with van der Waals surface area (Å²) < 4.78 is 43.5. The predicted molar refractivity (Wildman–Crippen MR) is 51.0 cm³/mol. The van der Waals surface area contributed by atoms with E-state index in [1.807, 2.05) is 0 Å². The summed E-state index contributed by atoms with van der Waals surface area (Å²) in [6, 6.07) is 1.18. The molecule has 1 heterocycles. The van der Waals surface area contributed by atoms with Crippen molar-refractivity contribution in [3.05, 3.63) is 17.5 Å². The number of carbonyl (C=O) groups excluding carboxylic acids is 1. The quantitative estimate of drug-likeness (QED) is 0.884. The van der Waals surface area contributed by atoms with Gasteiger partial charge in [0.2, 0.25) is 5.91 Å². The van der Waals surface area contributed by atoms with Crippen molar-refractivity contribution in [2.45, 2.75) is 37.3 Å². The Kier molecular flexibility index (Phi) is 2.63. The molecule has 2 N–H and O–H groups in total. The first-order chi connectivity index (χ1) is 7.85. The molecule has 1 amide bonds. The van der Waals surface area contributed by atoms with Crippen LogP contribution in [0.1, 0.15) is 30.7 Å². The van der Waals surface area contributed by atoms with Crippen molar-refractivity contribution >= 4 is 5.91 Å². The number of amides is 1. The van der Waals surface area contributed by atoms with E-state index in [4.69, 9.17) is 10.3 Å². The lowest BCUT2D eigenvalue weighted by atomic mass is 9.66. The zero-order chi connectivity index (χ0) is 12.7. The highest BCUT2D eigenvalue weighted by atomic mass is 19.4. The Balaban J connectivity index is 2.27. The zero-order valence-corrected chi connectivity index (χ0v) is 8.88. The molecule has 0 saturated heterocycles. The van der Waals surface area contributed by atoms with E-state index in [2.05, 4.69) is 5.16 Å². The summed E-state index contributed by atoms with van der Waals surface area (Å²) in [6.45, 7) is 0. The largest absolute Gasteiger partial charge is 0.401 e. The molecule has 0 bridgehead atoms. The SMILES string of the molecule is NC(=O)Cc1cc(C2(C(F)(F)F)CCC2)on1. The molecule has 7 heteroatoms. The molecule has 1 aliphatic carbocycles. The zero-order valence-electron chi connectivity index (χ0n) is 8.88. The topological polar surface area (TPSA) is 69.1 Å². The van der Waals surface area contributed by atoms with Gasteiger partial charge in [-0.25, -0.2) is 0 Å². The molecule has 0 atom stereocenters. The normalized spacial score (nSPS) is 18.8. The van der Waals surface area contributed by atoms with E-state index >= 15 is 0 Å². The van der Waals surface area contributed by atoms with Gasteiger partial charge in [-0.3, -0.25) is 4.79 Å². The fourth-order valence-corrected chi connectivity index (χ4v) is 2.00. The monoisotopic (exact) mass is 248 g/mol. The van der Waals surface area contributed by atoms with Crippen molar-refractivity contribution in [3.8, 4) is 0 Å². The van der Waals surface area contributed by atoms with Gasteiger partial charge in [0.1, 0.15) is 5.41 Å². The number of alkyl halides is 3. The van der Waals surface area contributed by atoms with Crippen LogP contribution in [-0.4, -0.2) is 17.2 Å². The molecule has 4 nitrogen and oxygen atoms in total. The van der Waals surface area contributed by atoms with Crippen LogP contribution >= 0.6 is 0 Å². The highest BCUT2D eigenvalue weighted by Crippen LogP contribution is 2.54. The predicted octanol–water partition coefficient (Wildman–Crippen LogP) is 1.69. The summed E-state index contributed by atoms with van der Waals surface area (Å²) >= 11 is 0. The van der Waals surface area contributed by atoms with Crippen LogP contribution in [0.2, 0.25) is 0 Å².